The topological polar surface area (TPSA) is 72.4 Å². The van der Waals surface area contributed by atoms with Gasteiger partial charge in [0, 0.05) is 89.9 Å². The van der Waals surface area contributed by atoms with Crippen LogP contribution in [-0.4, -0.2) is 60.9 Å². The monoisotopic (exact) mass is 500 g/mol. The van der Waals surface area contributed by atoms with E-state index in [-0.39, 0.29) is 43.3 Å². The molecule has 1 N–H and O–H groups in total. The minimum absolute atomic E-state index is 0.00373. The van der Waals surface area contributed by atoms with Gasteiger partial charge in [-0.05, 0) is 54.5 Å². The van der Waals surface area contributed by atoms with Crippen molar-refractivity contribution in [3.63, 3.8) is 0 Å². The van der Waals surface area contributed by atoms with E-state index in [1.165, 1.54) is 18.2 Å². The van der Waals surface area contributed by atoms with Gasteiger partial charge in [0.1, 0.15) is 0 Å². The number of fused-ring (bicyclic) bond motifs is 4. The van der Waals surface area contributed by atoms with Crippen LogP contribution in [0, 0.1) is 11.3 Å². The van der Waals surface area contributed by atoms with Crippen molar-refractivity contribution in [2.24, 2.45) is 0 Å². The maximum Gasteiger partial charge on any atom is 0.195 e. The van der Waals surface area contributed by atoms with Crippen molar-refractivity contribution in [2.45, 2.75) is 51.3 Å². The quantitative estimate of drug-likeness (QED) is 0.561. The lowest BCUT2D eigenvalue weighted by atomic mass is 9.70. The van der Waals surface area contributed by atoms with Crippen LogP contribution in [0.4, 0.5) is 5.69 Å². The van der Waals surface area contributed by atoms with Crippen LogP contribution in [0.5, 0.6) is 0 Å². The predicted molar refractivity (Wildman–Crippen MR) is 142 cm³/mol. The Balaban J connectivity index is 1.70. The maximum absolute atomic E-state index is 14.4. The third-order valence-corrected chi connectivity index (χ3v) is 6.41. The van der Waals surface area contributed by atoms with Crippen LogP contribution in [0.3, 0.4) is 0 Å². The van der Waals surface area contributed by atoms with Crippen molar-refractivity contribution < 1.29 is 34.2 Å². The molecule has 0 saturated carbocycles. The first-order chi connectivity index (χ1) is 24.6. The summed E-state index contributed by atoms with van der Waals surface area (Å²) in [5.74, 6) is -0.764. The summed E-state index contributed by atoms with van der Waals surface area (Å²) < 4.78 is 164. The Morgan fingerprint density at radius 2 is 2.06 bits per heavy atom. The Hall–Kier alpha value is -3.14. The first-order valence-electron chi connectivity index (χ1n) is 20.6. The highest BCUT2D eigenvalue weighted by Gasteiger charge is 2.40. The number of aryl methyl sites for hydroxylation is 1. The van der Waals surface area contributed by atoms with Crippen molar-refractivity contribution >= 4 is 22.4 Å². The van der Waals surface area contributed by atoms with E-state index in [2.05, 4.69) is 4.98 Å². The number of aromatic nitrogens is 1. The first-order valence-corrected chi connectivity index (χ1v) is 11.0. The van der Waals surface area contributed by atoms with E-state index in [1.54, 1.807) is 0 Å². The number of nitrogens with one attached hydrogen (secondary N) is 1. The fraction of sp³-hybridized carbons (Fsp3) is 0.467. The molecule has 0 amide bonds. The Morgan fingerprint density at radius 1 is 1.25 bits per heavy atom. The highest BCUT2D eigenvalue weighted by molar-refractivity contribution is 6.20. The lowest BCUT2D eigenvalue weighted by Gasteiger charge is -2.42. The summed E-state index contributed by atoms with van der Waals surface area (Å²) in [7, 11) is 0. The second-order valence-corrected chi connectivity index (χ2v) is 8.55. The summed E-state index contributed by atoms with van der Waals surface area (Å²) in [5, 5.41) is 9.78. The lowest BCUT2D eigenvalue weighted by Crippen LogP contribution is -2.49. The van der Waals surface area contributed by atoms with Gasteiger partial charge in [0.05, 0.1) is 30.4 Å². The van der Waals surface area contributed by atoms with Crippen LogP contribution in [0.25, 0.3) is 10.9 Å². The summed E-state index contributed by atoms with van der Waals surface area (Å²) in [6.45, 7) is -18.8. The molecule has 6 heteroatoms. The minimum Gasteiger partial charge on any atom is -0.379 e. The summed E-state index contributed by atoms with van der Waals surface area (Å²) in [4.78, 5) is 17.1. The average Bonchev–Trinajstić information content (AvgIpc) is 3.46. The molecule has 6 nitrogen and oxygen atoms in total. The van der Waals surface area contributed by atoms with E-state index in [1.807, 2.05) is 6.07 Å². The van der Waals surface area contributed by atoms with Crippen LogP contribution in [0.1, 0.15) is 96.4 Å². The molecule has 0 bridgehead atoms. The van der Waals surface area contributed by atoms with Gasteiger partial charge in [0.25, 0.3) is 0 Å². The molecule has 0 spiro atoms. The number of H-pyrrole nitrogens is 1. The van der Waals surface area contributed by atoms with Gasteiger partial charge in [-0.1, -0.05) is 26.8 Å². The average molecular weight is 501 g/mol. The maximum atomic E-state index is 14.4. The summed E-state index contributed by atoms with van der Waals surface area (Å²) >= 11 is 0. The van der Waals surface area contributed by atoms with Crippen molar-refractivity contribution in [3.8, 4) is 6.07 Å². The third-order valence-electron chi connectivity index (χ3n) is 6.41. The van der Waals surface area contributed by atoms with E-state index in [9.17, 15) is 16.9 Å². The molecule has 0 radical (unpaired) electrons. The normalized spacial score (nSPS) is 37.2. The first kappa shape index (κ1) is 10.7. The van der Waals surface area contributed by atoms with E-state index in [4.69, 9.17) is 22.6 Å². The zero-order valence-corrected chi connectivity index (χ0v) is 19.1. The number of ether oxygens (including phenoxy) is 1. The number of carbonyl (C=O) groups is 1. The molecule has 2 aliphatic heterocycles. The zero-order chi connectivity index (χ0) is 40.6. The molecular weight excluding hydrogens is 448 g/mol. The molecule has 3 aromatic rings. The summed E-state index contributed by atoms with van der Waals surface area (Å²) in [6.07, 6.45) is -11.1. The van der Waals surface area contributed by atoms with Gasteiger partial charge in [0.15, 0.2) is 5.78 Å². The van der Waals surface area contributed by atoms with Gasteiger partial charge in [-0.15, -0.1) is 0 Å². The largest absolute Gasteiger partial charge is 0.379 e. The number of aromatic amines is 1. The number of benzene rings is 2. The van der Waals surface area contributed by atoms with E-state index in [0.717, 1.165) is 12.1 Å². The van der Waals surface area contributed by atoms with Crippen molar-refractivity contribution in [3.05, 3.63) is 63.8 Å². The van der Waals surface area contributed by atoms with E-state index >= 15 is 0 Å². The molecule has 0 atom stereocenters. The Kier molecular flexibility index (Phi) is 2.60. The number of hydrogen-bond acceptors (Lipinski definition) is 5. The van der Waals surface area contributed by atoms with Crippen LogP contribution in [-0.2, 0) is 16.5 Å². The van der Waals surface area contributed by atoms with Crippen LogP contribution >= 0.6 is 0 Å². The summed E-state index contributed by atoms with van der Waals surface area (Å²) in [5.41, 5.74) is -3.50. The number of piperidine rings is 1. The zero-order valence-electron chi connectivity index (χ0n) is 37.1. The SMILES string of the molecule is [2H]CC([2H])([2H])c1cc2c(cc1N1C([2H])([2H])C([2H])([2H])C([2H])(N3C([2H])([2H])COCC3([2H])[2H])C([2H])([2H])C1([2H])[2H])C(C[2H])(C[2H])c1[nH]c3cc(C#N)ccc3c1C2=O. The molecule has 2 aromatic carbocycles. The smallest absolute Gasteiger partial charge is 0.195 e. The molecule has 6 rings (SSSR count). The molecule has 186 valence electrons. The Labute approximate surface area is 238 Å². The molecular formula is C30H34N4O2. The number of anilines is 1. The van der Waals surface area contributed by atoms with Crippen molar-refractivity contribution in [2.75, 3.05) is 44.1 Å². The predicted octanol–water partition coefficient (Wildman–Crippen LogP) is 4.77. The standard InChI is InChI=1S/C30H34N4O2/c1-4-20-16-23-24(17-26(20)34-9-7-21(8-10-34)33-11-13-36-14-12-33)30(2,3)29-27(28(23)35)22-6-5-19(18-31)15-25(22)32-29/h5-6,15-17,21,32H,4,7-14H2,1-3H3/i1D,2D,3D,4D2,7D2,8D2,9D2,10D2,11D2,12D2,21D. The second-order valence-electron chi connectivity index (χ2n) is 8.55. The molecule has 1 aromatic heterocycles. The molecule has 0 unspecified atom stereocenters. The minimum atomic E-state index is -4.09. The molecule has 36 heavy (non-hydrogen) atoms. The Morgan fingerprint density at radius 3 is 2.78 bits per heavy atom. The summed E-state index contributed by atoms with van der Waals surface area (Å²) in [6, 6.07) is 4.06. The lowest BCUT2D eigenvalue weighted by molar-refractivity contribution is 0.0115. The number of morpholine rings is 1. The van der Waals surface area contributed by atoms with Gasteiger partial charge in [-0.3, -0.25) is 9.69 Å². The van der Waals surface area contributed by atoms with E-state index in [0.29, 0.717) is 5.39 Å². The van der Waals surface area contributed by atoms with Gasteiger partial charge in [-0.25, -0.2) is 0 Å². The van der Waals surface area contributed by atoms with Gasteiger partial charge >= 0.3 is 0 Å². The fourth-order valence-corrected chi connectivity index (χ4v) is 4.62. The number of nitriles is 1. The number of ketones is 1. The highest BCUT2D eigenvalue weighted by Crippen LogP contribution is 2.46. The number of nitrogens with zero attached hydrogens (tertiary/aromatic N) is 3. The van der Waals surface area contributed by atoms with Crippen LogP contribution in [0.15, 0.2) is 30.3 Å². The van der Waals surface area contributed by atoms with Gasteiger partial charge < -0.3 is 14.6 Å². The third kappa shape index (κ3) is 3.56. The molecule has 3 aliphatic rings. The number of hydrogen-bond donors (Lipinski definition) is 1. The molecule has 1 aliphatic carbocycles. The Bertz CT molecular complexity index is 2060. The van der Waals surface area contributed by atoms with Crippen molar-refractivity contribution in [1.82, 2.24) is 9.88 Å². The molecule has 3 heterocycles. The fourth-order valence-electron chi connectivity index (χ4n) is 4.62. The second kappa shape index (κ2) is 8.76. The number of carbonyl (C=O) groups excluding carboxylic acids is 1. The molecule has 2 saturated heterocycles. The van der Waals surface area contributed by atoms with E-state index < -0.39 is 107 Å². The number of rotatable bonds is 3. The van der Waals surface area contributed by atoms with Crippen LogP contribution < -0.4 is 4.90 Å². The highest BCUT2D eigenvalue weighted by atomic mass is 16.5. The van der Waals surface area contributed by atoms with Crippen LogP contribution in [0.2, 0.25) is 0 Å². The molecule has 2 fully saturated rings. The van der Waals surface area contributed by atoms with Gasteiger partial charge in [-0.2, -0.15) is 5.26 Å². The van der Waals surface area contributed by atoms with Gasteiger partial charge in [0.2, 0.25) is 0 Å². The van der Waals surface area contributed by atoms with Crippen molar-refractivity contribution in [1.29, 1.82) is 5.26 Å².